The summed E-state index contributed by atoms with van der Waals surface area (Å²) in [4.78, 5) is 26.4. The summed E-state index contributed by atoms with van der Waals surface area (Å²) >= 11 is 0. The van der Waals surface area contributed by atoms with E-state index in [1.807, 2.05) is 0 Å². The van der Waals surface area contributed by atoms with Crippen molar-refractivity contribution in [1.29, 1.82) is 0 Å². The number of likely N-dealkylation sites (tertiary alicyclic amines) is 1. The van der Waals surface area contributed by atoms with Crippen molar-refractivity contribution in [3.63, 3.8) is 0 Å². The van der Waals surface area contributed by atoms with Crippen LogP contribution in [0.2, 0.25) is 0 Å². The van der Waals surface area contributed by atoms with Crippen molar-refractivity contribution < 1.29 is 9.59 Å². The van der Waals surface area contributed by atoms with Crippen LogP contribution >= 0.6 is 0 Å². The molecule has 4 aliphatic rings. The smallest absolute Gasteiger partial charge is 0.233 e. The highest BCUT2D eigenvalue weighted by atomic mass is 16.2. The number of carbonyl (C=O) groups is 2. The molecule has 3 fully saturated rings. The van der Waals surface area contributed by atoms with Gasteiger partial charge >= 0.3 is 0 Å². The van der Waals surface area contributed by atoms with Crippen molar-refractivity contribution in [3.8, 4) is 0 Å². The number of nitrogens with one attached hydrogen (secondary N) is 1. The van der Waals surface area contributed by atoms with E-state index in [0.29, 0.717) is 24.4 Å². The first-order valence-corrected chi connectivity index (χ1v) is 7.02. The Morgan fingerprint density at radius 2 is 1.83 bits per heavy atom. The average Bonchev–Trinajstić information content (AvgIpc) is 3.10. The molecule has 18 heavy (non-hydrogen) atoms. The molecule has 4 rings (SSSR count). The standard InChI is InChI=1S/C14H18N2O2/c17-13-11-8-3-4-9(6-8)12(11)14(18)16(13)7-10-2-1-5-15-10/h3-4,8-12,15H,1-2,5-7H2. The summed E-state index contributed by atoms with van der Waals surface area (Å²) < 4.78 is 0. The van der Waals surface area contributed by atoms with Crippen LogP contribution < -0.4 is 5.32 Å². The van der Waals surface area contributed by atoms with Gasteiger partial charge in [-0.25, -0.2) is 0 Å². The highest BCUT2D eigenvalue weighted by Gasteiger charge is 2.59. The van der Waals surface area contributed by atoms with E-state index in [0.717, 1.165) is 25.8 Å². The van der Waals surface area contributed by atoms with Crippen molar-refractivity contribution in [2.75, 3.05) is 13.1 Å². The number of hydrogen-bond acceptors (Lipinski definition) is 3. The van der Waals surface area contributed by atoms with Crippen molar-refractivity contribution >= 4 is 11.8 Å². The molecule has 0 radical (unpaired) electrons. The second-order valence-electron chi connectivity index (χ2n) is 6.08. The minimum absolute atomic E-state index is 0.0334. The third-order valence-corrected chi connectivity index (χ3v) is 5.13. The minimum atomic E-state index is -0.0334. The Labute approximate surface area is 106 Å². The zero-order chi connectivity index (χ0) is 12.3. The molecular formula is C14H18N2O2. The van der Waals surface area contributed by atoms with E-state index in [-0.39, 0.29) is 23.7 Å². The molecule has 4 heteroatoms. The van der Waals surface area contributed by atoms with Crippen LogP contribution in [-0.4, -0.2) is 35.8 Å². The van der Waals surface area contributed by atoms with Gasteiger partial charge in [0, 0.05) is 12.6 Å². The minimum Gasteiger partial charge on any atom is -0.312 e. The summed E-state index contributed by atoms with van der Waals surface area (Å²) in [6, 6.07) is 0.322. The first kappa shape index (κ1) is 10.7. The Kier molecular flexibility index (Phi) is 2.19. The van der Waals surface area contributed by atoms with Crippen LogP contribution in [0, 0.1) is 23.7 Å². The van der Waals surface area contributed by atoms with E-state index in [1.54, 1.807) is 4.90 Å². The van der Waals surface area contributed by atoms with E-state index in [1.165, 1.54) is 0 Å². The van der Waals surface area contributed by atoms with Crippen LogP contribution in [0.25, 0.3) is 0 Å². The Balaban J connectivity index is 1.56. The van der Waals surface area contributed by atoms with E-state index in [2.05, 4.69) is 17.5 Å². The van der Waals surface area contributed by atoms with Gasteiger partial charge in [0.2, 0.25) is 11.8 Å². The lowest BCUT2D eigenvalue weighted by atomic mass is 9.85. The number of hydrogen-bond donors (Lipinski definition) is 1. The summed E-state index contributed by atoms with van der Waals surface area (Å²) in [5.41, 5.74) is 0. The van der Waals surface area contributed by atoms with Gasteiger partial charge in [-0.3, -0.25) is 14.5 Å². The van der Waals surface area contributed by atoms with Crippen LogP contribution in [0.1, 0.15) is 19.3 Å². The Bertz CT molecular complexity index is 409. The molecule has 1 N–H and O–H groups in total. The number of imide groups is 1. The topological polar surface area (TPSA) is 49.4 Å². The van der Waals surface area contributed by atoms with E-state index in [4.69, 9.17) is 0 Å². The number of fused-ring (bicyclic) bond motifs is 5. The zero-order valence-corrected chi connectivity index (χ0v) is 10.3. The van der Waals surface area contributed by atoms with Crippen molar-refractivity contribution in [1.82, 2.24) is 10.2 Å². The number of rotatable bonds is 2. The van der Waals surface area contributed by atoms with Crippen LogP contribution in [-0.2, 0) is 9.59 Å². The molecule has 0 aromatic carbocycles. The summed E-state index contributed by atoms with van der Waals surface area (Å²) in [6.07, 6.45) is 7.54. The molecular weight excluding hydrogens is 228 g/mol. The van der Waals surface area contributed by atoms with E-state index in [9.17, 15) is 9.59 Å². The van der Waals surface area contributed by atoms with Gasteiger partial charge in [0.05, 0.1) is 11.8 Å². The van der Waals surface area contributed by atoms with Crippen molar-refractivity contribution in [2.45, 2.75) is 25.3 Å². The van der Waals surface area contributed by atoms with Crippen molar-refractivity contribution in [3.05, 3.63) is 12.2 Å². The molecule has 0 aromatic rings. The van der Waals surface area contributed by atoms with E-state index >= 15 is 0 Å². The van der Waals surface area contributed by atoms with Gasteiger partial charge in [0.25, 0.3) is 0 Å². The Morgan fingerprint density at radius 1 is 1.17 bits per heavy atom. The third-order valence-electron chi connectivity index (χ3n) is 5.13. The highest BCUT2D eigenvalue weighted by Crippen LogP contribution is 2.52. The largest absolute Gasteiger partial charge is 0.312 e. The summed E-state index contributed by atoms with van der Waals surface area (Å²) in [7, 11) is 0. The van der Waals surface area contributed by atoms with Gasteiger partial charge in [0.15, 0.2) is 0 Å². The summed E-state index contributed by atoms with van der Waals surface area (Å²) in [6.45, 7) is 1.60. The third kappa shape index (κ3) is 1.30. The summed E-state index contributed by atoms with van der Waals surface area (Å²) in [5.74, 6) is 0.782. The predicted molar refractivity (Wildman–Crippen MR) is 65.5 cm³/mol. The molecule has 2 aliphatic carbocycles. The maximum absolute atomic E-state index is 12.4. The molecule has 96 valence electrons. The molecule has 1 saturated carbocycles. The fraction of sp³-hybridized carbons (Fsp3) is 0.714. The molecule has 2 amide bonds. The van der Waals surface area contributed by atoms with Crippen LogP contribution in [0.3, 0.4) is 0 Å². The van der Waals surface area contributed by atoms with Gasteiger partial charge < -0.3 is 5.32 Å². The normalized spacial score (nSPS) is 45.3. The van der Waals surface area contributed by atoms with Crippen LogP contribution in [0.15, 0.2) is 12.2 Å². The number of nitrogens with zero attached hydrogens (tertiary/aromatic N) is 1. The monoisotopic (exact) mass is 246 g/mol. The Morgan fingerprint density at radius 3 is 2.39 bits per heavy atom. The molecule has 5 unspecified atom stereocenters. The lowest BCUT2D eigenvalue weighted by molar-refractivity contribution is -0.141. The zero-order valence-electron chi connectivity index (χ0n) is 10.3. The van der Waals surface area contributed by atoms with Crippen molar-refractivity contribution in [2.24, 2.45) is 23.7 Å². The molecule has 0 spiro atoms. The lowest BCUT2D eigenvalue weighted by Crippen LogP contribution is -2.42. The van der Waals surface area contributed by atoms with Crippen LogP contribution in [0.5, 0.6) is 0 Å². The second-order valence-corrected chi connectivity index (χ2v) is 6.08. The fourth-order valence-corrected chi connectivity index (χ4v) is 4.28. The Hall–Kier alpha value is -1.16. The van der Waals surface area contributed by atoms with Gasteiger partial charge in [-0.1, -0.05) is 12.2 Å². The maximum atomic E-state index is 12.4. The first-order valence-electron chi connectivity index (χ1n) is 7.02. The van der Waals surface area contributed by atoms with Crippen LogP contribution in [0.4, 0.5) is 0 Å². The molecule has 2 heterocycles. The summed E-state index contributed by atoms with van der Waals surface area (Å²) in [5, 5.41) is 3.37. The molecule has 2 bridgehead atoms. The molecule has 0 aromatic heterocycles. The van der Waals surface area contributed by atoms with Gasteiger partial charge in [-0.2, -0.15) is 0 Å². The fourth-order valence-electron chi connectivity index (χ4n) is 4.28. The lowest BCUT2D eigenvalue weighted by Gasteiger charge is -2.21. The molecule has 2 saturated heterocycles. The second kappa shape index (κ2) is 3.67. The SMILES string of the molecule is O=C1C2C3C=CC(C3)C2C(=O)N1CC1CCCN1. The quantitative estimate of drug-likeness (QED) is 0.571. The average molecular weight is 246 g/mol. The predicted octanol–water partition coefficient (Wildman–Crippen LogP) is 0.545. The van der Waals surface area contributed by atoms with E-state index < -0.39 is 0 Å². The number of allylic oxidation sites excluding steroid dienone is 2. The number of amides is 2. The van der Waals surface area contributed by atoms with Gasteiger partial charge in [0.1, 0.15) is 0 Å². The molecule has 2 aliphatic heterocycles. The molecule has 4 nitrogen and oxygen atoms in total. The maximum Gasteiger partial charge on any atom is 0.233 e. The van der Waals surface area contributed by atoms with Gasteiger partial charge in [-0.15, -0.1) is 0 Å². The first-order chi connectivity index (χ1) is 8.75. The van der Waals surface area contributed by atoms with Gasteiger partial charge in [-0.05, 0) is 37.6 Å². The molecule has 5 atom stereocenters. The highest BCUT2D eigenvalue weighted by molar-refractivity contribution is 6.06. The number of carbonyl (C=O) groups excluding carboxylic acids is 2.